The lowest BCUT2D eigenvalue weighted by molar-refractivity contribution is -0.910. The lowest BCUT2D eigenvalue weighted by Crippen LogP contribution is -3.10. The Hall–Kier alpha value is -0.990. The van der Waals surface area contributed by atoms with Gasteiger partial charge in [-0.3, -0.25) is 0 Å². The molecule has 0 saturated carbocycles. The quantitative estimate of drug-likeness (QED) is 0.366. The van der Waals surface area contributed by atoms with Crippen molar-refractivity contribution in [2.75, 3.05) is 13.1 Å². The molecule has 2 nitrogen and oxygen atoms in total. The molecule has 0 aromatic heterocycles. The highest BCUT2D eigenvalue weighted by Gasteiger charge is 2.14. The molecule has 156 valence electrons. The summed E-state index contributed by atoms with van der Waals surface area (Å²) in [4.78, 5) is 1.51. The van der Waals surface area contributed by atoms with Crippen molar-refractivity contribution in [3.8, 4) is 5.75 Å². The summed E-state index contributed by atoms with van der Waals surface area (Å²) in [6, 6.07) is 4.43. The Morgan fingerprint density at radius 2 is 1.59 bits per heavy atom. The molecule has 3 heteroatoms. The number of benzene rings is 1. The van der Waals surface area contributed by atoms with Gasteiger partial charge in [0, 0.05) is 5.56 Å². The Kier molecular flexibility index (Phi) is 14.4. The summed E-state index contributed by atoms with van der Waals surface area (Å²) < 4.78 is 0. The van der Waals surface area contributed by atoms with Gasteiger partial charge in [0.05, 0.1) is 13.1 Å². The standard InChI is InChI=1S/C24H41NO.ClH/c1-6-14-22-17-21(16-13-11-9-10-12-15-20(4)5)18-23(24(22)26)19-25(7-2)8-3;/h6,17-18,20,26H,1,7-16,19H2,2-5H3;1H. The van der Waals surface area contributed by atoms with Gasteiger partial charge in [0.2, 0.25) is 0 Å². The number of hydrogen-bond donors (Lipinski definition) is 2. The number of unbranched alkanes of at least 4 members (excludes halogenated alkanes) is 4. The normalized spacial score (nSPS) is 11.0. The zero-order chi connectivity index (χ0) is 19.4. The van der Waals surface area contributed by atoms with Crippen LogP contribution in [0.2, 0.25) is 0 Å². The molecule has 1 aromatic rings. The maximum Gasteiger partial charge on any atom is 0.127 e. The molecule has 0 aliphatic carbocycles. The van der Waals surface area contributed by atoms with Crippen molar-refractivity contribution in [3.63, 3.8) is 0 Å². The monoisotopic (exact) mass is 395 g/mol. The van der Waals surface area contributed by atoms with Crippen LogP contribution in [0.25, 0.3) is 0 Å². The number of phenolic OH excluding ortho intramolecular Hbond substituents is 1. The fourth-order valence-electron chi connectivity index (χ4n) is 3.60. The summed E-state index contributed by atoms with van der Waals surface area (Å²) in [6.45, 7) is 16.0. The van der Waals surface area contributed by atoms with Crippen LogP contribution in [0.15, 0.2) is 24.8 Å². The maximum atomic E-state index is 10.6. The molecule has 0 fully saturated rings. The number of hydrogen-bond acceptors (Lipinski definition) is 1. The molecule has 0 spiro atoms. The SMILES string of the molecule is C=CCc1cc(CCCCCCCC(C)C)cc(C[NH+](CC)CC)c1O.[Cl-]. The van der Waals surface area contributed by atoms with E-state index in [4.69, 9.17) is 0 Å². The van der Waals surface area contributed by atoms with E-state index < -0.39 is 0 Å². The minimum absolute atomic E-state index is 0. The van der Waals surface area contributed by atoms with E-state index >= 15 is 0 Å². The summed E-state index contributed by atoms with van der Waals surface area (Å²) >= 11 is 0. The third-order valence-electron chi connectivity index (χ3n) is 5.38. The summed E-state index contributed by atoms with van der Waals surface area (Å²) in [6.07, 6.45) is 11.8. The van der Waals surface area contributed by atoms with Crippen LogP contribution in [0, 0.1) is 5.92 Å². The average Bonchev–Trinajstić information content (AvgIpc) is 2.62. The third-order valence-corrected chi connectivity index (χ3v) is 5.38. The first-order valence-corrected chi connectivity index (χ1v) is 10.8. The molecule has 1 aromatic carbocycles. The number of aryl methyl sites for hydroxylation is 1. The van der Waals surface area contributed by atoms with Crippen molar-refractivity contribution in [2.24, 2.45) is 5.92 Å². The number of allylic oxidation sites excluding steroid dienone is 1. The van der Waals surface area contributed by atoms with Gasteiger partial charge in [-0.25, -0.2) is 0 Å². The largest absolute Gasteiger partial charge is 1.00 e. The van der Waals surface area contributed by atoms with E-state index in [1.54, 1.807) is 0 Å². The van der Waals surface area contributed by atoms with Gasteiger partial charge in [-0.2, -0.15) is 0 Å². The first-order valence-electron chi connectivity index (χ1n) is 10.8. The van der Waals surface area contributed by atoms with E-state index in [-0.39, 0.29) is 12.4 Å². The van der Waals surface area contributed by atoms with Gasteiger partial charge in [-0.05, 0) is 56.2 Å². The summed E-state index contributed by atoms with van der Waals surface area (Å²) in [5, 5.41) is 10.6. The second kappa shape index (κ2) is 15.0. The first-order chi connectivity index (χ1) is 12.5. The van der Waals surface area contributed by atoms with Gasteiger partial charge < -0.3 is 22.4 Å². The Morgan fingerprint density at radius 3 is 2.19 bits per heavy atom. The molecule has 1 rings (SSSR count). The van der Waals surface area contributed by atoms with Crippen molar-refractivity contribution in [3.05, 3.63) is 41.5 Å². The fraction of sp³-hybridized carbons (Fsp3) is 0.667. The Morgan fingerprint density at radius 1 is 1.00 bits per heavy atom. The predicted molar refractivity (Wildman–Crippen MR) is 114 cm³/mol. The number of nitrogens with one attached hydrogen (secondary N) is 1. The number of phenols is 1. The van der Waals surface area contributed by atoms with Gasteiger partial charge in [-0.1, -0.05) is 58.1 Å². The predicted octanol–water partition coefficient (Wildman–Crippen LogP) is 2.09. The highest BCUT2D eigenvalue weighted by atomic mass is 35.5. The molecule has 0 amide bonds. The van der Waals surface area contributed by atoms with Crippen LogP contribution in [-0.4, -0.2) is 18.2 Å². The van der Waals surface area contributed by atoms with E-state index in [1.165, 1.54) is 49.0 Å². The van der Waals surface area contributed by atoms with Crippen LogP contribution in [0.4, 0.5) is 0 Å². The summed E-state index contributed by atoms with van der Waals surface area (Å²) in [5.41, 5.74) is 3.52. The van der Waals surface area contributed by atoms with E-state index in [0.717, 1.165) is 49.5 Å². The minimum atomic E-state index is 0. The van der Waals surface area contributed by atoms with Gasteiger partial charge >= 0.3 is 0 Å². The van der Waals surface area contributed by atoms with Crippen LogP contribution in [0.5, 0.6) is 5.75 Å². The van der Waals surface area contributed by atoms with E-state index in [1.807, 2.05) is 6.08 Å². The van der Waals surface area contributed by atoms with Crippen LogP contribution in [0.3, 0.4) is 0 Å². The number of aromatic hydroxyl groups is 1. The Bertz CT molecular complexity index is 523. The number of rotatable bonds is 14. The van der Waals surface area contributed by atoms with Crippen LogP contribution >= 0.6 is 0 Å². The van der Waals surface area contributed by atoms with Gasteiger partial charge in [0.25, 0.3) is 0 Å². The summed E-state index contributed by atoms with van der Waals surface area (Å²) in [5.74, 6) is 1.32. The zero-order valence-electron chi connectivity index (χ0n) is 18.1. The molecule has 0 radical (unpaired) electrons. The van der Waals surface area contributed by atoms with E-state index in [0.29, 0.717) is 5.75 Å². The molecule has 0 aliphatic rings. The van der Waals surface area contributed by atoms with Gasteiger partial charge in [0.1, 0.15) is 12.3 Å². The van der Waals surface area contributed by atoms with Crippen molar-refractivity contribution < 1.29 is 22.4 Å². The second-order valence-electron chi connectivity index (χ2n) is 8.09. The molecule has 0 aliphatic heterocycles. The number of quaternary nitrogens is 1. The topological polar surface area (TPSA) is 24.7 Å². The van der Waals surface area contributed by atoms with E-state index in [9.17, 15) is 5.11 Å². The molecular weight excluding hydrogens is 354 g/mol. The molecule has 0 unspecified atom stereocenters. The minimum Gasteiger partial charge on any atom is -1.00 e. The molecule has 0 atom stereocenters. The first kappa shape index (κ1) is 26.0. The number of halogens is 1. The fourth-order valence-corrected chi connectivity index (χ4v) is 3.60. The van der Waals surface area contributed by atoms with Crippen LogP contribution in [-0.2, 0) is 19.4 Å². The molecule has 0 saturated heterocycles. The Balaban J connectivity index is 0.00000676. The molecule has 0 heterocycles. The highest BCUT2D eigenvalue weighted by molar-refractivity contribution is 5.44. The third kappa shape index (κ3) is 10.2. The molecular formula is C24H42ClNO. The van der Waals surface area contributed by atoms with Crippen molar-refractivity contribution in [1.82, 2.24) is 0 Å². The lowest BCUT2D eigenvalue weighted by Gasteiger charge is -2.18. The van der Waals surface area contributed by atoms with E-state index in [2.05, 4.69) is 46.4 Å². The molecule has 27 heavy (non-hydrogen) atoms. The van der Waals surface area contributed by atoms with Crippen molar-refractivity contribution in [1.29, 1.82) is 0 Å². The van der Waals surface area contributed by atoms with Crippen LogP contribution in [0.1, 0.15) is 82.9 Å². The van der Waals surface area contributed by atoms with Gasteiger partial charge in [-0.15, -0.1) is 6.58 Å². The van der Waals surface area contributed by atoms with Crippen molar-refractivity contribution >= 4 is 0 Å². The van der Waals surface area contributed by atoms with Gasteiger partial charge in [0.15, 0.2) is 0 Å². The molecule has 0 bridgehead atoms. The summed E-state index contributed by atoms with van der Waals surface area (Å²) in [7, 11) is 0. The average molecular weight is 396 g/mol. The second-order valence-corrected chi connectivity index (χ2v) is 8.09. The Labute approximate surface area is 174 Å². The maximum absolute atomic E-state index is 10.6. The zero-order valence-corrected chi connectivity index (χ0v) is 18.9. The molecule has 2 N–H and O–H groups in total. The highest BCUT2D eigenvalue weighted by Crippen LogP contribution is 2.26. The van der Waals surface area contributed by atoms with Crippen LogP contribution < -0.4 is 17.3 Å². The smallest absolute Gasteiger partial charge is 0.127 e. The van der Waals surface area contributed by atoms with Crippen molar-refractivity contribution in [2.45, 2.75) is 85.6 Å². The lowest BCUT2D eigenvalue weighted by atomic mass is 9.97.